The van der Waals surface area contributed by atoms with Crippen LogP contribution in [0, 0.1) is 0 Å². The zero-order valence-electron chi connectivity index (χ0n) is 12.9. The number of hydrogen-bond donors (Lipinski definition) is 0. The Morgan fingerprint density at radius 2 is 1.96 bits per heavy atom. The van der Waals surface area contributed by atoms with Crippen molar-refractivity contribution < 1.29 is 18.9 Å². The minimum absolute atomic E-state index is 0.0590. The average Bonchev–Trinajstić information content (AvgIpc) is 3.03. The molecule has 1 fully saturated rings. The van der Waals surface area contributed by atoms with Crippen LogP contribution < -0.4 is 9.47 Å². The van der Waals surface area contributed by atoms with E-state index in [9.17, 15) is 0 Å². The highest BCUT2D eigenvalue weighted by Crippen LogP contribution is 2.31. The molecule has 1 heterocycles. The number of benzene rings is 2. The molecule has 0 aromatic heterocycles. The summed E-state index contributed by atoms with van der Waals surface area (Å²) in [5, 5.41) is 0.504. The lowest BCUT2D eigenvalue weighted by Crippen LogP contribution is -2.20. The smallest absolute Gasteiger partial charge is 0.158 e. The number of para-hydroxylation sites is 1. The van der Waals surface area contributed by atoms with E-state index in [-0.39, 0.29) is 12.4 Å². The Bertz CT molecular complexity index is 632. The predicted molar refractivity (Wildman–Crippen MR) is 88.4 cm³/mol. The molecule has 0 radical (unpaired) electrons. The summed E-state index contributed by atoms with van der Waals surface area (Å²) in [5.74, 6) is 2.04. The van der Waals surface area contributed by atoms with Gasteiger partial charge in [-0.05, 0) is 30.7 Å². The average molecular weight is 335 g/mol. The highest BCUT2D eigenvalue weighted by molar-refractivity contribution is 6.32. The van der Waals surface area contributed by atoms with Crippen LogP contribution in [0.3, 0.4) is 0 Å². The van der Waals surface area contributed by atoms with Crippen molar-refractivity contribution in [2.75, 3.05) is 13.2 Å². The van der Waals surface area contributed by atoms with Crippen molar-refractivity contribution in [3.05, 3.63) is 53.6 Å². The van der Waals surface area contributed by atoms with Gasteiger partial charge in [0.25, 0.3) is 0 Å². The SMILES string of the molecule is CCC1OCC(COc2ccc(Oc3ccccc3)cc2Cl)O1. The molecule has 0 amide bonds. The molecule has 23 heavy (non-hydrogen) atoms. The molecule has 4 nitrogen and oxygen atoms in total. The lowest BCUT2D eigenvalue weighted by molar-refractivity contribution is -0.0642. The van der Waals surface area contributed by atoms with E-state index in [1.807, 2.05) is 43.3 Å². The van der Waals surface area contributed by atoms with E-state index in [1.54, 1.807) is 12.1 Å². The molecule has 0 bridgehead atoms. The maximum Gasteiger partial charge on any atom is 0.158 e. The van der Waals surface area contributed by atoms with Gasteiger partial charge in [-0.1, -0.05) is 36.7 Å². The van der Waals surface area contributed by atoms with Gasteiger partial charge in [0, 0.05) is 6.07 Å². The Kier molecular flexibility index (Phi) is 5.39. The van der Waals surface area contributed by atoms with E-state index in [1.165, 1.54) is 0 Å². The number of rotatable bonds is 6. The first-order valence-corrected chi connectivity index (χ1v) is 8.04. The maximum absolute atomic E-state index is 6.26. The second kappa shape index (κ2) is 7.68. The van der Waals surface area contributed by atoms with Crippen molar-refractivity contribution in [1.29, 1.82) is 0 Å². The van der Waals surface area contributed by atoms with Crippen molar-refractivity contribution in [2.24, 2.45) is 0 Å². The van der Waals surface area contributed by atoms with Gasteiger partial charge in [0.1, 0.15) is 30.0 Å². The van der Waals surface area contributed by atoms with Gasteiger partial charge in [-0.3, -0.25) is 0 Å². The Morgan fingerprint density at radius 1 is 1.13 bits per heavy atom. The maximum atomic E-state index is 6.26. The van der Waals surface area contributed by atoms with Gasteiger partial charge in [-0.15, -0.1) is 0 Å². The topological polar surface area (TPSA) is 36.9 Å². The fraction of sp³-hybridized carbons (Fsp3) is 0.333. The molecule has 0 N–H and O–H groups in total. The Morgan fingerprint density at radius 3 is 2.65 bits per heavy atom. The molecule has 122 valence electrons. The lowest BCUT2D eigenvalue weighted by atomic mass is 10.3. The first-order chi connectivity index (χ1) is 11.2. The van der Waals surface area contributed by atoms with Crippen LogP contribution in [-0.2, 0) is 9.47 Å². The third-order valence-corrected chi connectivity index (χ3v) is 3.75. The van der Waals surface area contributed by atoms with Gasteiger partial charge in [0.2, 0.25) is 0 Å². The summed E-state index contributed by atoms with van der Waals surface area (Å²) in [6.07, 6.45) is 0.653. The van der Waals surface area contributed by atoms with Crippen LogP contribution in [0.25, 0.3) is 0 Å². The molecular formula is C18H19ClO4. The Hall–Kier alpha value is -1.75. The normalized spacial score (nSPS) is 20.4. The summed E-state index contributed by atoms with van der Waals surface area (Å²) < 4.78 is 22.6. The van der Waals surface area contributed by atoms with Crippen molar-refractivity contribution in [3.63, 3.8) is 0 Å². The van der Waals surface area contributed by atoms with Gasteiger partial charge >= 0.3 is 0 Å². The molecular weight excluding hydrogens is 316 g/mol. The zero-order valence-corrected chi connectivity index (χ0v) is 13.7. The fourth-order valence-corrected chi connectivity index (χ4v) is 2.50. The summed E-state index contributed by atoms with van der Waals surface area (Å²) in [4.78, 5) is 0. The number of ether oxygens (including phenoxy) is 4. The third-order valence-electron chi connectivity index (χ3n) is 3.45. The summed E-state index contributed by atoms with van der Waals surface area (Å²) in [5.41, 5.74) is 0. The van der Waals surface area contributed by atoms with Crippen LogP contribution >= 0.6 is 11.6 Å². The molecule has 2 aromatic rings. The number of halogens is 1. The summed E-state index contributed by atoms with van der Waals surface area (Å²) in [6.45, 7) is 2.98. The summed E-state index contributed by atoms with van der Waals surface area (Å²) in [6, 6.07) is 14.9. The van der Waals surface area contributed by atoms with Crippen molar-refractivity contribution in [2.45, 2.75) is 25.7 Å². The van der Waals surface area contributed by atoms with E-state index in [2.05, 4.69) is 0 Å². The second-order valence-corrected chi connectivity index (χ2v) is 5.65. The summed E-state index contributed by atoms with van der Waals surface area (Å²) in [7, 11) is 0. The monoisotopic (exact) mass is 334 g/mol. The van der Waals surface area contributed by atoms with Crippen LogP contribution in [0.1, 0.15) is 13.3 Å². The van der Waals surface area contributed by atoms with Crippen molar-refractivity contribution in [1.82, 2.24) is 0 Å². The van der Waals surface area contributed by atoms with Gasteiger partial charge in [-0.25, -0.2) is 0 Å². The molecule has 5 heteroatoms. The lowest BCUT2D eigenvalue weighted by Gasteiger charge is -2.13. The molecule has 0 aliphatic carbocycles. The molecule has 2 unspecified atom stereocenters. The van der Waals surface area contributed by atoms with Gasteiger partial charge in [0.15, 0.2) is 6.29 Å². The predicted octanol–water partition coefficient (Wildman–Crippen LogP) is 4.66. The molecule has 2 aromatic carbocycles. The first kappa shape index (κ1) is 16.1. The minimum Gasteiger partial charge on any atom is -0.489 e. The van der Waals surface area contributed by atoms with Crippen LogP contribution in [-0.4, -0.2) is 25.6 Å². The Labute approximate surface area is 140 Å². The fourth-order valence-electron chi connectivity index (χ4n) is 2.28. The summed E-state index contributed by atoms with van der Waals surface area (Å²) >= 11 is 6.26. The van der Waals surface area contributed by atoms with Gasteiger partial charge in [-0.2, -0.15) is 0 Å². The van der Waals surface area contributed by atoms with Crippen LogP contribution in [0.2, 0.25) is 5.02 Å². The molecule has 1 saturated heterocycles. The van der Waals surface area contributed by atoms with E-state index in [0.29, 0.717) is 29.7 Å². The largest absolute Gasteiger partial charge is 0.489 e. The van der Waals surface area contributed by atoms with E-state index >= 15 is 0 Å². The molecule has 3 rings (SSSR count). The quantitative estimate of drug-likeness (QED) is 0.769. The molecule has 1 aliphatic rings. The van der Waals surface area contributed by atoms with Crippen LogP contribution in [0.4, 0.5) is 0 Å². The van der Waals surface area contributed by atoms with Crippen molar-refractivity contribution >= 4 is 11.6 Å². The zero-order chi connectivity index (χ0) is 16.1. The van der Waals surface area contributed by atoms with Gasteiger partial charge < -0.3 is 18.9 Å². The Balaban J connectivity index is 1.57. The van der Waals surface area contributed by atoms with E-state index in [0.717, 1.165) is 12.2 Å². The highest BCUT2D eigenvalue weighted by atomic mass is 35.5. The standard InChI is InChI=1S/C18H19ClO4/c1-2-18-21-12-15(23-18)11-20-17-9-8-14(10-16(17)19)22-13-6-4-3-5-7-13/h3-10,15,18H,2,11-12H2,1H3. The van der Waals surface area contributed by atoms with E-state index < -0.39 is 0 Å². The second-order valence-electron chi connectivity index (χ2n) is 5.25. The van der Waals surface area contributed by atoms with Crippen LogP contribution in [0.15, 0.2) is 48.5 Å². The minimum atomic E-state index is -0.124. The molecule has 0 spiro atoms. The number of hydrogen-bond acceptors (Lipinski definition) is 4. The highest BCUT2D eigenvalue weighted by Gasteiger charge is 2.25. The molecule has 2 atom stereocenters. The third kappa shape index (κ3) is 4.38. The van der Waals surface area contributed by atoms with E-state index in [4.69, 9.17) is 30.5 Å². The first-order valence-electron chi connectivity index (χ1n) is 7.67. The molecule has 1 aliphatic heterocycles. The van der Waals surface area contributed by atoms with Crippen molar-refractivity contribution in [3.8, 4) is 17.2 Å². The molecule has 0 saturated carbocycles. The van der Waals surface area contributed by atoms with Crippen LogP contribution in [0.5, 0.6) is 17.2 Å². The van der Waals surface area contributed by atoms with Gasteiger partial charge in [0.05, 0.1) is 11.6 Å².